The first-order chi connectivity index (χ1) is 16.0. The van der Waals surface area contributed by atoms with Gasteiger partial charge in [0.1, 0.15) is 12.4 Å². The van der Waals surface area contributed by atoms with Crippen molar-refractivity contribution in [2.24, 2.45) is 5.92 Å². The van der Waals surface area contributed by atoms with Crippen molar-refractivity contribution in [3.8, 4) is 5.75 Å². The number of aryl methyl sites for hydroxylation is 2. The molecule has 2 aliphatic rings. The molecule has 0 bridgehead atoms. The van der Waals surface area contributed by atoms with Crippen LogP contribution in [0, 0.1) is 19.8 Å². The van der Waals surface area contributed by atoms with Gasteiger partial charge in [0, 0.05) is 25.3 Å². The highest BCUT2D eigenvalue weighted by Gasteiger charge is 2.29. The Morgan fingerprint density at radius 2 is 1.85 bits per heavy atom. The Bertz CT molecular complexity index is 964. The largest absolute Gasteiger partial charge is 0.489 e. The third-order valence-electron chi connectivity index (χ3n) is 6.39. The van der Waals surface area contributed by atoms with Crippen LogP contribution in [0.5, 0.6) is 5.75 Å². The van der Waals surface area contributed by atoms with E-state index in [-0.39, 0.29) is 23.8 Å². The van der Waals surface area contributed by atoms with Crippen molar-refractivity contribution in [2.75, 3.05) is 31.6 Å². The number of carbonyl (C=O) groups is 2. The fourth-order valence-electron chi connectivity index (χ4n) is 4.71. The molecule has 4 rings (SSSR count). The standard InChI is InChI=1S/C27H34N2O4/c1-19-14-20(2)16-22(15-19)27(31)29-12-7-8-21(17-29)26(30)28-24-10-3-4-11-25(24)33-18-23-9-5-6-13-32-23/h3-4,10-11,14-16,21,23H,5-9,12-13,17-18H2,1-2H3,(H,28,30). The fourth-order valence-corrected chi connectivity index (χ4v) is 4.71. The molecule has 1 N–H and O–H groups in total. The topological polar surface area (TPSA) is 67.9 Å². The number of ether oxygens (including phenoxy) is 2. The molecule has 2 amide bonds. The molecular weight excluding hydrogens is 416 g/mol. The van der Waals surface area contributed by atoms with Crippen molar-refractivity contribution in [1.29, 1.82) is 0 Å². The molecule has 0 spiro atoms. The van der Waals surface area contributed by atoms with Crippen LogP contribution >= 0.6 is 0 Å². The molecule has 2 atom stereocenters. The van der Waals surface area contributed by atoms with Crippen molar-refractivity contribution in [2.45, 2.75) is 52.1 Å². The third kappa shape index (κ3) is 6.14. The zero-order valence-electron chi connectivity index (χ0n) is 19.6. The van der Waals surface area contributed by atoms with E-state index >= 15 is 0 Å². The van der Waals surface area contributed by atoms with Crippen molar-refractivity contribution < 1.29 is 19.1 Å². The summed E-state index contributed by atoms with van der Waals surface area (Å²) in [5, 5.41) is 3.04. The summed E-state index contributed by atoms with van der Waals surface area (Å²) in [7, 11) is 0. The van der Waals surface area contributed by atoms with Gasteiger partial charge in [-0.1, -0.05) is 29.3 Å². The normalized spacial score (nSPS) is 20.8. The van der Waals surface area contributed by atoms with E-state index in [9.17, 15) is 9.59 Å². The predicted molar refractivity (Wildman–Crippen MR) is 129 cm³/mol. The van der Waals surface area contributed by atoms with Gasteiger partial charge < -0.3 is 19.7 Å². The van der Waals surface area contributed by atoms with E-state index in [0.29, 0.717) is 36.7 Å². The van der Waals surface area contributed by atoms with Gasteiger partial charge in [0.15, 0.2) is 0 Å². The molecule has 0 radical (unpaired) electrons. The molecule has 2 aliphatic heterocycles. The highest BCUT2D eigenvalue weighted by molar-refractivity contribution is 5.97. The van der Waals surface area contributed by atoms with Crippen LogP contribution in [0.3, 0.4) is 0 Å². The number of carbonyl (C=O) groups excluding carboxylic acids is 2. The fraction of sp³-hybridized carbons (Fsp3) is 0.481. The first-order valence-electron chi connectivity index (χ1n) is 12.0. The molecule has 2 aromatic carbocycles. The molecule has 2 saturated heterocycles. The molecule has 6 heteroatoms. The Balaban J connectivity index is 1.38. The zero-order chi connectivity index (χ0) is 23.2. The second-order valence-corrected chi connectivity index (χ2v) is 9.25. The average Bonchev–Trinajstić information content (AvgIpc) is 2.83. The minimum atomic E-state index is -0.247. The minimum absolute atomic E-state index is 0.00415. The first kappa shape index (κ1) is 23.3. The van der Waals surface area contributed by atoms with Crippen LogP contribution < -0.4 is 10.1 Å². The van der Waals surface area contributed by atoms with Gasteiger partial charge in [0.2, 0.25) is 5.91 Å². The summed E-state index contributed by atoms with van der Waals surface area (Å²) in [5.41, 5.74) is 3.49. The number of piperidine rings is 1. The predicted octanol–water partition coefficient (Wildman–Crippen LogP) is 4.74. The summed E-state index contributed by atoms with van der Waals surface area (Å²) in [5.74, 6) is 0.329. The quantitative estimate of drug-likeness (QED) is 0.690. The summed E-state index contributed by atoms with van der Waals surface area (Å²) in [6.45, 7) is 6.36. The van der Waals surface area contributed by atoms with Gasteiger partial charge in [-0.25, -0.2) is 0 Å². The summed E-state index contributed by atoms with van der Waals surface area (Å²) in [4.78, 5) is 28.0. The van der Waals surface area contributed by atoms with Gasteiger partial charge in [0.05, 0.1) is 17.7 Å². The maximum absolute atomic E-state index is 13.1. The Labute approximate surface area is 196 Å². The number of benzene rings is 2. The number of para-hydroxylation sites is 2. The van der Waals surface area contributed by atoms with Crippen LogP contribution in [0.15, 0.2) is 42.5 Å². The van der Waals surface area contributed by atoms with Gasteiger partial charge in [-0.3, -0.25) is 9.59 Å². The number of anilines is 1. The Hall–Kier alpha value is -2.86. The van der Waals surface area contributed by atoms with Crippen molar-refractivity contribution in [3.63, 3.8) is 0 Å². The maximum Gasteiger partial charge on any atom is 0.253 e. The van der Waals surface area contributed by atoms with E-state index < -0.39 is 0 Å². The van der Waals surface area contributed by atoms with E-state index in [1.165, 1.54) is 0 Å². The van der Waals surface area contributed by atoms with E-state index in [0.717, 1.165) is 49.8 Å². The van der Waals surface area contributed by atoms with Crippen LogP contribution in [0.25, 0.3) is 0 Å². The smallest absolute Gasteiger partial charge is 0.253 e. The lowest BCUT2D eigenvalue weighted by Crippen LogP contribution is -2.43. The van der Waals surface area contributed by atoms with Crippen molar-refractivity contribution >= 4 is 17.5 Å². The molecule has 0 saturated carbocycles. The SMILES string of the molecule is Cc1cc(C)cc(C(=O)N2CCCC(C(=O)Nc3ccccc3OCC3CCCCO3)C2)c1. The highest BCUT2D eigenvalue weighted by atomic mass is 16.5. The lowest BCUT2D eigenvalue weighted by Gasteiger charge is -2.32. The molecule has 2 aromatic rings. The van der Waals surface area contributed by atoms with Crippen LogP contribution in [0.4, 0.5) is 5.69 Å². The van der Waals surface area contributed by atoms with E-state index in [2.05, 4.69) is 11.4 Å². The zero-order valence-corrected chi connectivity index (χ0v) is 19.6. The molecule has 0 aromatic heterocycles. The first-order valence-corrected chi connectivity index (χ1v) is 12.0. The van der Waals surface area contributed by atoms with Crippen LogP contribution in [0.1, 0.15) is 53.6 Å². The minimum Gasteiger partial charge on any atom is -0.489 e. The molecule has 2 fully saturated rings. The monoisotopic (exact) mass is 450 g/mol. The lowest BCUT2D eigenvalue weighted by molar-refractivity contribution is -0.121. The Morgan fingerprint density at radius 1 is 1.06 bits per heavy atom. The van der Waals surface area contributed by atoms with E-state index in [4.69, 9.17) is 9.47 Å². The number of nitrogens with zero attached hydrogens (tertiary/aromatic N) is 1. The third-order valence-corrected chi connectivity index (χ3v) is 6.39. The molecule has 33 heavy (non-hydrogen) atoms. The number of rotatable bonds is 6. The molecule has 2 unspecified atom stereocenters. The Kier molecular flexibility index (Phi) is 7.65. The molecule has 2 heterocycles. The lowest BCUT2D eigenvalue weighted by atomic mass is 9.96. The number of nitrogens with one attached hydrogen (secondary N) is 1. The molecule has 6 nitrogen and oxygen atoms in total. The number of hydrogen-bond acceptors (Lipinski definition) is 4. The summed E-state index contributed by atoms with van der Waals surface area (Å²) in [6.07, 6.45) is 4.94. The molecule has 0 aliphatic carbocycles. The maximum atomic E-state index is 13.1. The van der Waals surface area contributed by atoms with Crippen molar-refractivity contribution in [1.82, 2.24) is 4.90 Å². The number of amides is 2. The van der Waals surface area contributed by atoms with Gasteiger partial charge in [-0.05, 0) is 70.2 Å². The Morgan fingerprint density at radius 3 is 2.61 bits per heavy atom. The van der Waals surface area contributed by atoms with Crippen molar-refractivity contribution in [3.05, 3.63) is 59.2 Å². The van der Waals surface area contributed by atoms with Gasteiger partial charge in [0.25, 0.3) is 5.91 Å². The summed E-state index contributed by atoms with van der Waals surface area (Å²) < 4.78 is 11.8. The number of likely N-dealkylation sites (tertiary alicyclic amines) is 1. The second-order valence-electron chi connectivity index (χ2n) is 9.25. The van der Waals surface area contributed by atoms with Crippen LogP contribution in [-0.4, -0.2) is 49.1 Å². The molecule has 176 valence electrons. The number of hydrogen-bond donors (Lipinski definition) is 1. The van der Waals surface area contributed by atoms with E-state index in [1.807, 2.05) is 55.1 Å². The van der Waals surface area contributed by atoms with Crippen LogP contribution in [-0.2, 0) is 9.53 Å². The van der Waals surface area contributed by atoms with E-state index in [1.54, 1.807) is 0 Å². The van der Waals surface area contributed by atoms with Crippen LogP contribution in [0.2, 0.25) is 0 Å². The second kappa shape index (κ2) is 10.8. The van der Waals surface area contributed by atoms with Gasteiger partial charge in [-0.15, -0.1) is 0 Å². The summed E-state index contributed by atoms with van der Waals surface area (Å²) in [6, 6.07) is 13.4. The summed E-state index contributed by atoms with van der Waals surface area (Å²) >= 11 is 0. The molecular formula is C27H34N2O4. The highest BCUT2D eigenvalue weighted by Crippen LogP contribution is 2.27. The average molecular weight is 451 g/mol. The van der Waals surface area contributed by atoms with Gasteiger partial charge in [-0.2, -0.15) is 0 Å². The van der Waals surface area contributed by atoms with Gasteiger partial charge >= 0.3 is 0 Å².